The van der Waals surface area contributed by atoms with E-state index in [9.17, 15) is 4.39 Å². The first-order valence-corrected chi connectivity index (χ1v) is 5.28. The third-order valence-corrected chi connectivity index (χ3v) is 2.66. The summed E-state index contributed by atoms with van der Waals surface area (Å²) < 4.78 is 13.4. The van der Waals surface area contributed by atoms with Crippen LogP contribution in [0.25, 0.3) is 0 Å². The number of rotatable bonds is 2. The molecule has 0 atom stereocenters. The largest absolute Gasteiger partial charge is 0.369 e. The Morgan fingerprint density at radius 2 is 2.20 bits per heavy atom. The van der Waals surface area contributed by atoms with Gasteiger partial charge in [-0.1, -0.05) is 6.07 Å². The Morgan fingerprint density at radius 3 is 2.87 bits per heavy atom. The van der Waals surface area contributed by atoms with Gasteiger partial charge in [0.25, 0.3) is 0 Å². The lowest BCUT2D eigenvalue weighted by Crippen LogP contribution is -2.44. The highest BCUT2D eigenvalue weighted by atomic mass is 19.1. The van der Waals surface area contributed by atoms with Crippen LogP contribution in [-0.4, -0.2) is 18.6 Å². The number of fused-ring (bicyclic) bond motifs is 1. The van der Waals surface area contributed by atoms with Crippen LogP contribution in [0.5, 0.6) is 0 Å². The monoisotopic (exact) mass is 208 g/mol. The van der Waals surface area contributed by atoms with E-state index in [2.05, 4.69) is 4.90 Å². The molecule has 0 aliphatic carbocycles. The van der Waals surface area contributed by atoms with Crippen LogP contribution in [0.1, 0.15) is 19.4 Å². The maximum Gasteiger partial charge on any atom is 0.128 e. The molecule has 0 bridgehead atoms. The summed E-state index contributed by atoms with van der Waals surface area (Å²) in [6, 6.07) is 5.25. The van der Waals surface area contributed by atoms with Crippen molar-refractivity contribution < 1.29 is 4.39 Å². The van der Waals surface area contributed by atoms with E-state index in [-0.39, 0.29) is 11.4 Å². The summed E-state index contributed by atoms with van der Waals surface area (Å²) in [4.78, 5) is 2.17. The summed E-state index contributed by atoms with van der Waals surface area (Å²) in [6.07, 6.45) is 0.790. The summed E-state index contributed by atoms with van der Waals surface area (Å²) >= 11 is 0. The Balaban J connectivity index is 2.26. The molecule has 0 amide bonds. The first-order chi connectivity index (χ1) is 6.97. The van der Waals surface area contributed by atoms with Crippen molar-refractivity contribution in [1.29, 1.82) is 0 Å². The fourth-order valence-electron chi connectivity index (χ4n) is 2.11. The van der Waals surface area contributed by atoms with Gasteiger partial charge in [-0.2, -0.15) is 0 Å². The molecule has 2 nitrogen and oxygen atoms in total. The molecule has 0 saturated heterocycles. The van der Waals surface area contributed by atoms with E-state index >= 15 is 0 Å². The fourth-order valence-corrected chi connectivity index (χ4v) is 2.11. The standard InChI is InChI=1S/C12H17FN2/c1-12(2,14)8-15-7-6-9-10(13)4-3-5-11(9)15/h3-5H,6-8,14H2,1-2H3. The maximum absolute atomic E-state index is 13.4. The summed E-state index contributed by atoms with van der Waals surface area (Å²) in [5.41, 5.74) is 7.58. The summed E-state index contributed by atoms with van der Waals surface area (Å²) in [6.45, 7) is 5.62. The van der Waals surface area contributed by atoms with Gasteiger partial charge in [0.2, 0.25) is 0 Å². The Hall–Kier alpha value is -1.09. The second kappa shape index (κ2) is 3.49. The zero-order valence-electron chi connectivity index (χ0n) is 9.26. The van der Waals surface area contributed by atoms with Gasteiger partial charge < -0.3 is 10.6 Å². The number of hydrogen-bond acceptors (Lipinski definition) is 2. The van der Waals surface area contributed by atoms with Crippen LogP contribution < -0.4 is 10.6 Å². The lowest BCUT2D eigenvalue weighted by molar-refractivity contribution is 0.511. The topological polar surface area (TPSA) is 29.3 Å². The van der Waals surface area contributed by atoms with Crippen molar-refractivity contribution in [3.8, 4) is 0 Å². The average Bonchev–Trinajstić information content (AvgIpc) is 2.48. The van der Waals surface area contributed by atoms with Gasteiger partial charge >= 0.3 is 0 Å². The molecule has 1 aromatic rings. The van der Waals surface area contributed by atoms with Crippen molar-refractivity contribution >= 4 is 5.69 Å². The van der Waals surface area contributed by atoms with E-state index in [1.807, 2.05) is 19.9 Å². The van der Waals surface area contributed by atoms with Crippen LogP contribution in [0, 0.1) is 5.82 Å². The lowest BCUT2D eigenvalue weighted by atomic mass is 10.1. The second-order valence-electron chi connectivity index (χ2n) is 4.90. The molecular formula is C12H17FN2. The van der Waals surface area contributed by atoms with Crippen molar-refractivity contribution in [3.05, 3.63) is 29.6 Å². The molecule has 82 valence electrons. The maximum atomic E-state index is 13.4. The van der Waals surface area contributed by atoms with Crippen LogP contribution in [0.3, 0.4) is 0 Å². The number of benzene rings is 1. The van der Waals surface area contributed by atoms with Gasteiger partial charge in [-0.05, 0) is 32.4 Å². The highest BCUT2D eigenvalue weighted by Gasteiger charge is 2.25. The number of hydrogen-bond donors (Lipinski definition) is 1. The predicted octanol–water partition coefficient (Wildman–Crippen LogP) is 1.93. The SMILES string of the molecule is CC(C)(N)CN1CCc2c(F)cccc21. The second-order valence-corrected chi connectivity index (χ2v) is 4.90. The number of nitrogens with two attached hydrogens (primary N) is 1. The quantitative estimate of drug-likeness (QED) is 0.804. The van der Waals surface area contributed by atoms with Crippen molar-refractivity contribution in [3.63, 3.8) is 0 Å². The summed E-state index contributed by atoms with van der Waals surface area (Å²) in [5, 5.41) is 0. The number of halogens is 1. The minimum atomic E-state index is -0.242. The molecule has 0 radical (unpaired) electrons. The van der Waals surface area contributed by atoms with Crippen LogP contribution >= 0.6 is 0 Å². The molecular weight excluding hydrogens is 191 g/mol. The van der Waals surface area contributed by atoms with Crippen LogP contribution in [0.2, 0.25) is 0 Å². The molecule has 2 rings (SSSR count). The smallest absolute Gasteiger partial charge is 0.128 e. The van der Waals surface area contributed by atoms with Gasteiger partial charge in [0.15, 0.2) is 0 Å². The highest BCUT2D eigenvalue weighted by molar-refractivity contribution is 5.58. The molecule has 3 heteroatoms. The zero-order valence-corrected chi connectivity index (χ0v) is 9.26. The zero-order chi connectivity index (χ0) is 11.1. The van der Waals surface area contributed by atoms with Gasteiger partial charge in [-0.3, -0.25) is 0 Å². The van der Waals surface area contributed by atoms with Gasteiger partial charge in [-0.25, -0.2) is 4.39 Å². The molecule has 0 aromatic heterocycles. The van der Waals surface area contributed by atoms with E-state index in [1.54, 1.807) is 6.07 Å². The number of anilines is 1. The van der Waals surface area contributed by atoms with Crippen LogP contribution in [-0.2, 0) is 6.42 Å². The minimum Gasteiger partial charge on any atom is -0.369 e. The molecule has 1 aromatic carbocycles. The Kier molecular flexibility index (Phi) is 2.43. The van der Waals surface area contributed by atoms with Crippen LogP contribution in [0.15, 0.2) is 18.2 Å². The first-order valence-electron chi connectivity index (χ1n) is 5.28. The third kappa shape index (κ3) is 2.12. The van der Waals surface area contributed by atoms with E-state index in [1.165, 1.54) is 6.07 Å². The molecule has 0 unspecified atom stereocenters. The molecule has 0 saturated carbocycles. The van der Waals surface area contributed by atoms with E-state index < -0.39 is 0 Å². The molecule has 0 spiro atoms. The van der Waals surface area contributed by atoms with Gasteiger partial charge in [0.1, 0.15) is 5.82 Å². The molecule has 2 N–H and O–H groups in total. The Morgan fingerprint density at radius 1 is 1.47 bits per heavy atom. The van der Waals surface area contributed by atoms with E-state index in [0.29, 0.717) is 0 Å². The van der Waals surface area contributed by atoms with E-state index in [4.69, 9.17) is 5.73 Å². The van der Waals surface area contributed by atoms with Crippen molar-refractivity contribution in [1.82, 2.24) is 0 Å². The van der Waals surface area contributed by atoms with E-state index in [0.717, 1.165) is 30.8 Å². The highest BCUT2D eigenvalue weighted by Crippen LogP contribution is 2.30. The Labute approximate surface area is 89.9 Å². The summed E-state index contributed by atoms with van der Waals surface area (Å²) in [7, 11) is 0. The molecule has 15 heavy (non-hydrogen) atoms. The molecule has 0 fully saturated rings. The van der Waals surface area contributed by atoms with Gasteiger partial charge in [0.05, 0.1) is 0 Å². The summed E-state index contributed by atoms with van der Waals surface area (Å²) in [5.74, 6) is -0.0928. The fraction of sp³-hybridized carbons (Fsp3) is 0.500. The van der Waals surface area contributed by atoms with Crippen molar-refractivity contribution in [2.75, 3.05) is 18.0 Å². The normalized spacial score (nSPS) is 15.6. The van der Waals surface area contributed by atoms with Crippen molar-refractivity contribution in [2.45, 2.75) is 25.8 Å². The van der Waals surface area contributed by atoms with Crippen LogP contribution in [0.4, 0.5) is 10.1 Å². The average molecular weight is 208 g/mol. The van der Waals surface area contributed by atoms with Gasteiger partial charge in [0, 0.05) is 29.9 Å². The third-order valence-electron chi connectivity index (χ3n) is 2.66. The van der Waals surface area contributed by atoms with Gasteiger partial charge in [-0.15, -0.1) is 0 Å². The molecule has 1 aliphatic heterocycles. The first kappa shape index (κ1) is 10.4. The minimum absolute atomic E-state index is 0.0928. The lowest BCUT2D eigenvalue weighted by Gasteiger charge is -2.28. The molecule has 1 heterocycles. The number of nitrogens with zero attached hydrogens (tertiary/aromatic N) is 1. The Bertz CT molecular complexity index is 368. The van der Waals surface area contributed by atoms with Crippen molar-refractivity contribution in [2.24, 2.45) is 5.73 Å². The molecule has 1 aliphatic rings. The predicted molar refractivity (Wildman–Crippen MR) is 60.6 cm³/mol.